The van der Waals surface area contributed by atoms with Gasteiger partial charge in [-0.05, 0) is 61.2 Å². The summed E-state index contributed by atoms with van der Waals surface area (Å²) in [4.78, 5) is 0. The van der Waals surface area contributed by atoms with Gasteiger partial charge in [-0.1, -0.05) is 26.8 Å². The van der Waals surface area contributed by atoms with Crippen molar-refractivity contribution in [1.29, 1.82) is 0 Å². The third-order valence-corrected chi connectivity index (χ3v) is 4.55. The molecule has 1 aromatic rings. The highest BCUT2D eigenvalue weighted by Gasteiger charge is 2.36. The average Bonchev–Trinajstić information content (AvgIpc) is 2.37. The molecular formula is C17H25F2N. The van der Waals surface area contributed by atoms with Crippen LogP contribution >= 0.6 is 0 Å². The quantitative estimate of drug-likeness (QED) is 0.857. The molecule has 2 rings (SSSR count). The Bertz CT molecular complexity index is 456. The summed E-state index contributed by atoms with van der Waals surface area (Å²) in [6.45, 7) is 8.41. The van der Waals surface area contributed by atoms with Gasteiger partial charge in [0.25, 0.3) is 0 Å². The van der Waals surface area contributed by atoms with E-state index in [2.05, 4.69) is 26.1 Å². The first-order valence-corrected chi connectivity index (χ1v) is 7.58. The molecule has 0 heterocycles. The SMILES string of the molecule is CCNCC1CCC(C)(C)CC1c1ccc(F)cc1F. The van der Waals surface area contributed by atoms with Crippen LogP contribution in [0.3, 0.4) is 0 Å². The van der Waals surface area contributed by atoms with E-state index in [0.717, 1.165) is 32.0 Å². The predicted octanol–water partition coefficient (Wildman–Crippen LogP) is 4.48. The average molecular weight is 281 g/mol. The number of hydrogen-bond donors (Lipinski definition) is 1. The van der Waals surface area contributed by atoms with Gasteiger partial charge < -0.3 is 5.32 Å². The fraction of sp³-hybridized carbons (Fsp3) is 0.647. The summed E-state index contributed by atoms with van der Waals surface area (Å²) in [6, 6.07) is 4.03. The molecule has 0 amide bonds. The van der Waals surface area contributed by atoms with Gasteiger partial charge in [0.2, 0.25) is 0 Å². The van der Waals surface area contributed by atoms with Crippen LogP contribution in [-0.2, 0) is 0 Å². The van der Waals surface area contributed by atoms with Crippen LogP contribution in [0.1, 0.15) is 51.5 Å². The van der Waals surface area contributed by atoms with Crippen molar-refractivity contribution in [3.05, 3.63) is 35.4 Å². The van der Waals surface area contributed by atoms with Crippen molar-refractivity contribution in [3.63, 3.8) is 0 Å². The lowest BCUT2D eigenvalue weighted by Crippen LogP contribution is -2.35. The van der Waals surface area contributed by atoms with Crippen molar-refractivity contribution in [2.45, 2.75) is 46.0 Å². The van der Waals surface area contributed by atoms with E-state index in [0.29, 0.717) is 11.5 Å². The van der Waals surface area contributed by atoms with E-state index in [4.69, 9.17) is 0 Å². The summed E-state index contributed by atoms with van der Waals surface area (Å²) >= 11 is 0. The first-order chi connectivity index (χ1) is 9.43. The highest BCUT2D eigenvalue weighted by molar-refractivity contribution is 5.24. The Balaban J connectivity index is 2.26. The van der Waals surface area contributed by atoms with Crippen LogP contribution < -0.4 is 5.32 Å². The van der Waals surface area contributed by atoms with Crippen LogP contribution in [0.5, 0.6) is 0 Å². The lowest BCUT2D eigenvalue weighted by molar-refractivity contribution is 0.158. The van der Waals surface area contributed by atoms with Crippen LogP contribution in [0.15, 0.2) is 18.2 Å². The fourth-order valence-corrected chi connectivity index (χ4v) is 3.38. The summed E-state index contributed by atoms with van der Waals surface area (Å²) in [5, 5.41) is 3.38. The third kappa shape index (κ3) is 3.57. The summed E-state index contributed by atoms with van der Waals surface area (Å²) in [7, 11) is 0. The smallest absolute Gasteiger partial charge is 0.129 e. The molecule has 0 saturated heterocycles. The molecule has 2 atom stereocenters. The number of hydrogen-bond acceptors (Lipinski definition) is 1. The standard InChI is InChI=1S/C17H25F2N/c1-4-20-11-12-7-8-17(2,3)10-15(12)14-6-5-13(18)9-16(14)19/h5-6,9,12,15,20H,4,7-8,10-11H2,1-3H3. The molecule has 0 spiro atoms. The number of halogens is 2. The van der Waals surface area contributed by atoms with Gasteiger partial charge in [0.15, 0.2) is 0 Å². The zero-order valence-corrected chi connectivity index (χ0v) is 12.7. The molecule has 1 aliphatic carbocycles. The van der Waals surface area contributed by atoms with Crippen LogP contribution in [0.4, 0.5) is 8.78 Å². The van der Waals surface area contributed by atoms with Crippen LogP contribution in [0, 0.1) is 23.0 Å². The van der Waals surface area contributed by atoms with E-state index in [1.807, 2.05) is 0 Å². The van der Waals surface area contributed by atoms with Gasteiger partial charge in [-0.15, -0.1) is 0 Å². The molecule has 1 aliphatic rings. The molecule has 2 unspecified atom stereocenters. The normalized spacial score (nSPS) is 25.6. The monoisotopic (exact) mass is 281 g/mol. The van der Waals surface area contributed by atoms with E-state index in [9.17, 15) is 8.78 Å². The molecule has 112 valence electrons. The second-order valence-corrected chi connectivity index (χ2v) is 6.75. The van der Waals surface area contributed by atoms with E-state index in [1.54, 1.807) is 6.07 Å². The van der Waals surface area contributed by atoms with Gasteiger partial charge in [-0.3, -0.25) is 0 Å². The van der Waals surface area contributed by atoms with Crippen molar-refractivity contribution in [2.24, 2.45) is 11.3 Å². The molecule has 0 aliphatic heterocycles. The Kier molecular flexibility index (Phi) is 4.79. The number of benzene rings is 1. The van der Waals surface area contributed by atoms with Gasteiger partial charge in [0, 0.05) is 6.07 Å². The molecule has 0 bridgehead atoms. The maximum absolute atomic E-state index is 14.1. The van der Waals surface area contributed by atoms with E-state index >= 15 is 0 Å². The highest BCUT2D eigenvalue weighted by Crippen LogP contribution is 2.47. The highest BCUT2D eigenvalue weighted by atomic mass is 19.1. The van der Waals surface area contributed by atoms with Crippen molar-refractivity contribution < 1.29 is 8.78 Å². The summed E-state index contributed by atoms with van der Waals surface area (Å²) in [5.74, 6) is -0.278. The third-order valence-electron chi connectivity index (χ3n) is 4.55. The number of nitrogens with one attached hydrogen (secondary N) is 1. The van der Waals surface area contributed by atoms with Crippen molar-refractivity contribution in [3.8, 4) is 0 Å². The molecule has 3 heteroatoms. The molecule has 1 N–H and O–H groups in total. The lowest BCUT2D eigenvalue weighted by Gasteiger charge is -2.41. The summed E-state index contributed by atoms with van der Waals surface area (Å²) in [5.41, 5.74) is 0.913. The molecule has 20 heavy (non-hydrogen) atoms. The van der Waals surface area contributed by atoms with Gasteiger partial charge in [-0.2, -0.15) is 0 Å². The molecule has 1 saturated carbocycles. The summed E-state index contributed by atoms with van der Waals surface area (Å²) < 4.78 is 27.2. The lowest BCUT2D eigenvalue weighted by atomic mass is 9.65. The molecule has 1 aromatic carbocycles. The van der Waals surface area contributed by atoms with E-state index in [1.165, 1.54) is 12.5 Å². The Morgan fingerprint density at radius 3 is 2.70 bits per heavy atom. The van der Waals surface area contributed by atoms with E-state index < -0.39 is 11.6 Å². The Hall–Kier alpha value is -0.960. The Labute approximate surface area is 120 Å². The largest absolute Gasteiger partial charge is 0.317 e. The van der Waals surface area contributed by atoms with Crippen molar-refractivity contribution >= 4 is 0 Å². The van der Waals surface area contributed by atoms with Gasteiger partial charge >= 0.3 is 0 Å². The van der Waals surface area contributed by atoms with Crippen molar-refractivity contribution in [1.82, 2.24) is 5.32 Å². The number of rotatable bonds is 4. The molecular weight excluding hydrogens is 256 g/mol. The van der Waals surface area contributed by atoms with Crippen LogP contribution in [-0.4, -0.2) is 13.1 Å². The minimum absolute atomic E-state index is 0.179. The molecule has 0 radical (unpaired) electrons. The zero-order valence-electron chi connectivity index (χ0n) is 12.7. The van der Waals surface area contributed by atoms with Crippen LogP contribution in [0.25, 0.3) is 0 Å². The first-order valence-electron chi connectivity index (χ1n) is 7.58. The topological polar surface area (TPSA) is 12.0 Å². The predicted molar refractivity (Wildman–Crippen MR) is 78.8 cm³/mol. The summed E-state index contributed by atoms with van der Waals surface area (Å²) in [6.07, 6.45) is 3.23. The second-order valence-electron chi connectivity index (χ2n) is 6.75. The van der Waals surface area contributed by atoms with Gasteiger partial charge in [-0.25, -0.2) is 8.78 Å². The molecule has 0 aromatic heterocycles. The molecule has 1 fully saturated rings. The maximum Gasteiger partial charge on any atom is 0.129 e. The van der Waals surface area contributed by atoms with Gasteiger partial charge in [0.1, 0.15) is 11.6 Å². The minimum atomic E-state index is -0.496. The minimum Gasteiger partial charge on any atom is -0.317 e. The Morgan fingerprint density at radius 1 is 1.30 bits per heavy atom. The maximum atomic E-state index is 14.1. The Morgan fingerprint density at radius 2 is 2.05 bits per heavy atom. The van der Waals surface area contributed by atoms with Gasteiger partial charge in [0.05, 0.1) is 0 Å². The fourth-order valence-electron chi connectivity index (χ4n) is 3.38. The zero-order chi connectivity index (χ0) is 14.8. The second kappa shape index (κ2) is 6.21. The first kappa shape index (κ1) is 15.4. The molecule has 1 nitrogen and oxygen atoms in total. The van der Waals surface area contributed by atoms with E-state index in [-0.39, 0.29) is 11.3 Å². The van der Waals surface area contributed by atoms with Crippen LogP contribution in [0.2, 0.25) is 0 Å². The van der Waals surface area contributed by atoms with Crippen molar-refractivity contribution in [2.75, 3.05) is 13.1 Å².